The van der Waals surface area contributed by atoms with Gasteiger partial charge < -0.3 is 16.0 Å². The summed E-state index contributed by atoms with van der Waals surface area (Å²) < 4.78 is 0. The van der Waals surface area contributed by atoms with E-state index in [9.17, 15) is 4.79 Å². The number of aryl methyl sites for hydroxylation is 1. The number of thiophene rings is 1. The molecule has 3 heterocycles. The number of pyridine rings is 1. The first-order chi connectivity index (χ1) is 13.1. The zero-order chi connectivity index (χ0) is 19.6. The largest absolute Gasteiger partial charge is 0.383 e. The van der Waals surface area contributed by atoms with Crippen LogP contribution >= 0.6 is 11.3 Å². The molecule has 0 spiro atoms. The molecule has 0 aromatic carbocycles. The average Bonchev–Trinajstić information content (AvgIpc) is 2.95. The molecule has 0 aliphatic carbocycles. The maximum absolute atomic E-state index is 10.0. The number of aliphatic imine (C=N–C) groups is 1. The van der Waals surface area contributed by atoms with Gasteiger partial charge >= 0.3 is 0 Å². The van der Waals surface area contributed by atoms with Crippen LogP contribution in [0.1, 0.15) is 45.8 Å². The van der Waals surface area contributed by atoms with Crippen molar-refractivity contribution in [3.05, 3.63) is 39.6 Å². The summed E-state index contributed by atoms with van der Waals surface area (Å²) in [5.41, 5.74) is 6.74. The number of carbonyl (C=O) groups is 1. The van der Waals surface area contributed by atoms with Crippen LogP contribution in [0.5, 0.6) is 0 Å². The van der Waals surface area contributed by atoms with E-state index in [1.807, 2.05) is 38.2 Å². The number of hydrogen-bond donors (Lipinski definition) is 2. The minimum absolute atomic E-state index is 0.513. The molecule has 1 aliphatic rings. The normalized spacial score (nSPS) is 14.8. The highest BCUT2D eigenvalue weighted by atomic mass is 32.1. The molecule has 3 N–H and O–H groups in total. The molecule has 0 bridgehead atoms. The van der Waals surface area contributed by atoms with Gasteiger partial charge in [0.2, 0.25) is 0 Å². The number of nitrogens with zero attached hydrogens (tertiary/aromatic N) is 3. The highest BCUT2D eigenvalue weighted by molar-refractivity contribution is 7.13. The average molecular weight is 388 g/mol. The van der Waals surface area contributed by atoms with E-state index >= 15 is 0 Å². The van der Waals surface area contributed by atoms with E-state index in [2.05, 4.69) is 20.2 Å². The lowest BCUT2D eigenvalue weighted by molar-refractivity contribution is 0.112. The van der Waals surface area contributed by atoms with E-state index in [1.54, 1.807) is 7.05 Å². The number of aromatic nitrogens is 1. The molecule has 146 valence electrons. The Balaban J connectivity index is 0.000000273. The summed E-state index contributed by atoms with van der Waals surface area (Å²) >= 11 is 1.52. The van der Waals surface area contributed by atoms with Crippen molar-refractivity contribution in [1.82, 2.24) is 4.98 Å². The number of carbonyl (C=O) groups excluding carboxylic acids is 1. The number of anilines is 2. The third-order valence-electron chi connectivity index (χ3n) is 4.44. The van der Waals surface area contributed by atoms with Crippen molar-refractivity contribution >= 4 is 35.1 Å². The van der Waals surface area contributed by atoms with Gasteiger partial charge in [0.05, 0.1) is 10.4 Å². The molecule has 0 saturated carbocycles. The highest BCUT2D eigenvalue weighted by Gasteiger charge is 2.14. The maximum atomic E-state index is 10.0. The molecule has 3 rings (SSSR count). The zero-order valence-corrected chi connectivity index (χ0v) is 17.2. The van der Waals surface area contributed by atoms with E-state index in [1.165, 1.54) is 41.9 Å². The van der Waals surface area contributed by atoms with Crippen molar-refractivity contribution in [2.24, 2.45) is 10.7 Å². The maximum Gasteiger partial charge on any atom is 0.160 e. The zero-order valence-electron chi connectivity index (χ0n) is 16.4. The lowest BCUT2D eigenvalue weighted by Crippen LogP contribution is -2.26. The van der Waals surface area contributed by atoms with Crippen LogP contribution in [0.25, 0.3) is 0 Å². The van der Waals surface area contributed by atoms with Crippen LogP contribution in [0.3, 0.4) is 0 Å². The molecular weight excluding hydrogens is 358 g/mol. The second-order valence-electron chi connectivity index (χ2n) is 6.39. The Morgan fingerprint density at radius 3 is 2.41 bits per heavy atom. The molecular formula is C20H29N5OS. The second kappa shape index (κ2) is 10.7. The van der Waals surface area contributed by atoms with E-state index in [-0.39, 0.29) is 0 Å². The Labute approximate surface area is 165 Å². The molecule has 7 heteroatoms. The third kappa shape index (κ3) is 6.06. The highest BCUT2D eigenvalue weighted by Crippen LogP contribution is 2.21. The standard InChI is InChI=1S/C14H23N5.C6H6OS/c1-16-13(15)11-7-8-12(18-14(11)17-2)19-9-5-3-4-6-10-19;1-5-2-3-6(4-7)8-5/h7-8H,3-6,9-10H2,1-2H3,(H2,15,16)(H,17,18);2-4H,1H3. The van der Waals surface area contributed by atoms with E-state index in [0.717, 1.165) is 41.5 Å². The van der Waals surface area contributed by atoms with E-state index in [0.29, 0.717) is 5.84 Å². The van der Waals surface area contributed by atoms with Gasteiger partial charge in [-0.25, -0.2) is 4.98 Å². The quantitative estimate of drug-likeness (QED) is 0.475. The van der Waals surface area contributed by atoms with E-state index in [4.69, 9.17) is 5.73 Å². The van der Waals surface area contributed by atoms with Crippen molar-refractivity contribution in [2.45, 2.75) is 32.6 Å². The minimum Gasteiger partial charge on any atom is -0.383 e. The summed E-state index contributed by atoms with van der Waals surface area (Å²) in [5.74, 6) is 2.34. The summed E-state index contributed by atoms with van der Waals surface area (Å²) in [6, 6.07) is 7.81. The van der Waals surface area contributed by atoms with Crippen LogP contribution in [0.4, 0.5) is 11.6 Å². The second-order valence-corrected chi connectivity index (χ2v) is 7.71. The molecule has 1 saturated heterocycles. The van der Waals surface area contributed by atoms with Crippen molar-refractivity contribution in [3.8, 4) is 0 Å². The Morgan fingerprint density at radius 2 is 1.93 bits per heavy atom. The summed E-state index contributed by atoms with van der Waals surface area (Å²) in [6.07, 6.45) is 6.01. The minimum atomic E-state index is 0.513. The van der Waals surface area contributed by atoms with Gasteiger partial charge in [0.1, 0.15) is 17.5 Å². The van der Waals surface area contributed by atoms with E-state index < -0.39 is 0 Å². The van der Waals surface area contributed by atoms with Gasteiger partial charge in [0.25, 0.3) is 0 Å². The van der Waals surface area contributed by atoms with Crippen molar-refractivity contribution in [2.75, 3.05) is 37.4 Å². The number of rotatable bonds is 4. The molecule has 2 aromatic heterocycles. The molecule has 1 aliphatic heterocycles. The first kappa shape index (κ1) is 20.9. The van der Waals surface area contributed by atoms with Gasteiger partial charge in [0, 0.05) is 32.1 Å². The van der Waals surface area contributed by atoms with Gasteiger partial charge in [-0.05, 0) is 44.0 Å². The molecule has 6 nitrogen and oxygen atoms in total. The van der Waals surface area contributed by atoms with Crippen LogP contribution in [0, 0.1) is 6.92 Å². The topological polar surface area (TPSA) is 83.6 Å². The fraction of sp³-hybridized carbons (Fsp3) is 0.450. The number of hydrogen-bond acceptors (Lipinski definition) is 6. The lowest BCUT2D eigenvalue weighted by Gasteiger charge is -2.22. The summed E-state index contributed by atoms with van der Waals surface area (Å²) in [5, 5.41) is 3.11. The summed E-state index contributed by atoms with van der Waals surface area (Å²) in [7, 11) is 3.55. The molecule has 0 amide bonds. The molecule has 0 unspecified atom stereocenters. The number of aldehydes is 1. The number of nitrogens with one attached hydrogen (secondary N) is 1. The Morgan fingerprint density at radius 1 is 1.22 bits per heavy atom. The molecule has 1 fully saturated rings. The van der Waals surface area contributed by atoms with Crippen LogP contribution < -0.4 is 16.0 Å². The smallest absolute Gasteiger partial charge is 0.160 e. The SMILES string of the molecule is CN=C(N)c1ccc(N2CCCCCC2)nc1NC.Cc1ccc(C=O)s1. The molecule has 0 atom stereocenters. The summed E-state index contributed by atoms with van der Waals surface area (Å²) in [6.45, 7) is 4.16. The molecule has 2 aromatic rings. The fourth-order valence-corrected chi connectivity index (χ4v) is 3.65. The van der Waals surface area contributed by atoms with Crippen LogP contribution in [-0.2, 0) is 0 Å². The lowest BCUT2D eigenvalue weighted by atomic mass is 10.2. The van der Waals surface area contributed by atoms with Crippen molar-refractivity contribution < 1.29 is 4.79 Å². The molecule has 0 radical (unpaired) electrons. The van der Waals surface area contributed by atoms with Gasteiger partial charge in [-0.1, -0.05) is 12.8 Å². The van der Waals surface area contributed by atoms with Crippen molar-refractivity contribution in [3.63, 3.8) is 0 Å². The Kier molecular flexibility index (Phi) is 8.26. The third-order valence-corrected chi connectivity index (χ3v) is 5.37. The van der Waals surface area contributed by atoms with Gasteiger partial charge in [0.15, 0.2) is 6.29 Å². The predicted octanol–water partition coefficient (Wildman–Crippen LogP) is 3.71. The fourth-order valence-electron chi connectivity index (χ4n) is 2.96. The van der Waals surface area contributed by atoms with Crippen LogP contribution in [0.2, 0.25) is 0 Å². The van der Waals surface area contributed by atoms with Gasteiger partial charge in [-0.2, -0.15) is 0 Å². The Hall–Kier alpha value is -2.41. The molecule has 27 heavy (non-hydrogen) atoms. The first-order valence-corrected chi connectivity index (χ1v) is 10.1. The van der Waals surface area contributed by atoms with Gasteiger partial charge in [-0.3, -0.25) is 9.79 Å². The number of nitrogens with two attached hydrogens (primary N) is 1. The predicted molar refractivity (Wildman–Crippen MR) is 116 cm³/mol. The van der Waals surface area contributed by atoms with Gasteiger partial charge in [-0.15, -0.1) is 11.3 Å². The monoisotopic (exact) mass is 387 g/mol. The summed E-state index contributed by atoms with van der Waals surface area (Å²) in [4.78, 5) is 23.1. The van der Waals surface area contributed by atoms with Crippen molar-refractivity contribution in [1.29, 1.82) is 0 Å². The first-order valence-electron chi connectivity index (χ1n) is 9.27. The Bertz CT molecular complexity index is 763. The van der Waals surface area contributed by atoms with Crippen LogP contribution in [0.15, 0.2) is 29.3 Å². The van der Waals surface area contributed by atoms with Crippen LogP contribution in [-0.4, -0.2) is 44.3 Å². The number of amidine groups is 1.